The fourth-order valence-electron chi connectivity index (χ4n) is 4.75. The molecule has 0 spiro atoms. The Kier molecular flexibility index (Phi) is 7.47. The van der Waals surface area contributed by atoms with Gasteiger partial charge in [-0.05, 0) is 55.1 Å². The molecule has 3 aromatic heterocycles. The summed E-state index contributed by atoms with van der Waals surface area (Å²) in [5.74, 6) is -0.391. The van der Waals surface area contributed by atoms with E-state index in [0.29, 0.717) is 47.4 Å². The molecule has 202 valence electrons. The number of aromatic nitrogens is 3. The second-order valence-electron chi connectivity index (χ2n) is 9.54. The summed E-state index contributed by atoms with van der Waals surface area (Å²) in [5, 5.41) is 13.3. The van der Waals surface area contributed by atoms with Crippen molar-refractivity contribution in [2.75, 3.05) is 33.2 Å². The quantitative estimate of drug-likeness (QED) is 0.288. The van der Waals surface area contributed by atoms with Crippen molar-refractivity contribution >= 4 is 26.6 Å². The van der Waals surface area contributed by atoms with Gasteiger partial charge in [0.25, 0.3) is 5.91 Å². The van der Waals surface area contributed by atoms with Crippen LogP contribution >= 0.6 is 0 Å². The maximum absolute atomic E-state index is 13.4. The highest BCUT2D eigenvalue weighted by molar-refractivity contribution is 7.92. The predicted molar refractivity (Wildman–Crippen MR) is 149 cm³/mol. The SMILES string of the molecule is C=CC(N1CCN(C)CC1)S(=O)(=O)c1ccc(-c2c(O)[nH]c3ccc(C(=O)NCc4ccncc4)cc23)nc1. The molecule has 1 saturated heterocycles. The predicted octanol–water partition coefficient (Wildman–Crippen LogP) is 2.79. The first-order valence-electron chi connectivity index (χ1n) is 12.5. The first kappa shape index (κ1) is 26.5. The van der Waals surface area contributed by atoms with Gasteiger partial charge >= 0.3 is 0 Å². The summed E-state index contributed by atoms with van der Waals surface area (Å²) in [6, 6.07) is 11.8. The Bertz CT molecular complexity index is 1590. The monoisotopic (exact) mass is 546 g/mol. The molecule has 1 aliphatic rings. The van der Waals surface area contributed by atoms with Crippen LogP contribution in [0.5, 0.6) is 5.88 Å². The molecule has 1 amide bonds. The molecule has 4 heterocycles. The van der Waals surface area contributed by atoms with Crippen LogP contribution < -0.4 is 5.32 Å². The number of carbonyl (C=O) groups excluding carboxylic acids is 1. The summed E-state index contributed by atoms with van der Waals surface area (Å²) >= 11 is 0. The van der Waals surface area contributed by atoms with E-state index in [9.17, 15) is 18.3 Å². The molecule has 10 nitrogen and oxygen atoms in total. The molecule has 3 N–H and O–H groups in total. The molecule has 0 aliphatic carbocycles. The Labute approximate surface area is 226 Å². The number of amides is 1. The number of nitrogens with zero attached hydrogens (tertiary/aromatic N) is 4. The molecule has 5 rings (SSSR count). The number of carbonyl (C=O) groups is 1. The molecule has 0 radical (unpaired) electrons. The van der Waals surface area contributed by atoms with Crippen molar-refractivity contribution in [3.05, 3.63) is 84.8 Å². The lowest BCUT2D eigenvalue weighted by molar-refractivity contribution is 0.0951. The van der Waals surface area contributed by atoms with Crippen molar-refractivity contribution in [2.45, 2.75) is 16.8 Å². The number of piperazine rings is 1. The van der Waals surface area contributed by atoms with Gasteiger partial charge in [0.1, 0.15) is 5.37 Å². The number of hydrogen-bond acceptors (Lipinski definition) is 8. The molecule has 1 aromatic carbocycles. The topological polar surface area (TPSA) is 132 Å². The summed E-state index contributed by atoms with van der Waals surface area (Å²) in [6.45, 7) is 6.93. The molecule has 1 fully saturated rings. The Morgan fingerprint density at radius 3 is 2.56 bits per heavy atom. The highest BCUT2D eigenvalue weighted by Crippen LogP contribution is 2.36. The van der Waals surface area contributed by atoms with Gasteiger partial charge in [0.15, 0.2) is 15.7 Å². The lowest BCUT2D eigenvalue weighted by atomic mass is 10.1. The van der Waals surface area contributed by atoms with Crippen LogP contribution in [-0.2, 0) is 16.4 Å². The summed E-state index contributed by atoms with van der Waals surface area (Å²) in [6.07, 6.45) is 6.09. The molecule has 11 heteroatoms. The van der Waals surface area contributed by atoms with Gasteiger partial charge in [0.2, 0.25) is 0 Å². The molecule has 1 aliphatic heterocycles. The van der Waals surface area contributed by atoms with Crippen molar-refractivity contribution < 1.29 is 18.3 Å². The third kappa shape index (κ3) is 5.42. The van der Waals surface area contributed by atoms with E-state index in [-0.39, 0.29) is 16.7 Å². The number of nitrogens with one attached hydrogen (secondary N) is 2. The van der Waals surface area contributed by atoms with E-state index < -0.39 is 15.2 Å². The second kappa shape index (κ2) is 11.0. The Morgan fingerprint density at radius 1 is 1.15 bits per heavy atom. The average molecular weight is 547 g/mol. The van der Waals surface area contributed by atoms with E-state index in [4.69, 9.17) is 0 Å². The minimum atomic E-state index is -3.75. The number of rotatable bonds is 8. The van der Waals surface area contributed by atoms with Crippen LogP contribution in [0, 0.1) is 0 Å². The van der Waals surface area contributed by atoms with Crippen molar-refractivity contribution in [3.8, 4) is 17.1 Å². The first-order valence-corrected chi connectivity index (χ1v) is 14.1. The van der Waals surface area contributed by atoms with Crippen LogP contribution in [0.2, 0.25) is 0 Å². The van der Waals surface area contributed by atoms with Crippen LogP contribution in [0.1, 0.15) is 15.9 Å². The Balaban J connectivity index is 1.40. The van der Waals surface area contributed by atoms with E-state index in [1.807, 2.05) is 24.1 Å². The van der Waals surface area contributed by atoms with Gasteiger partial charge in [-0.2, -0.15) is 0 Å². The number of hydrogen-bond donors (Lipinski definition) is 3. The van der Waals surface area contributed by atoms with Gasteiger partial charge in [-0.1, -0.05) is 6.08 Å². The molecule has 4 aromatic rings. The van der Waals surface area contributed by atoms with Crippen LogP contribution in [0.15, 0.2) is 78.6 Å². The lowest BCUT2D eigenvalue weighted by Gasteiger charge is -2.36. The number of benzene rings is 1. The number of aromatic amines is 1. The van der Waals surface area contributed by atoms with E-state index in [0.717, 1.165) is 18.7 Å². The molecule has 39 heavy (non-hydrogen) atoms. The largest absolute Gasteiger partial charge is 0.494 e. The third-order valence-electron chi connectivity index (χ3n) is 6.98. The van der Waals surface area contributed by atoms with Gasteiger partial charge in [0, 0.05) is 67.8 Å². The van der Waals surface area contributed by atoms with Crippen LogP contribution in [-0.4, -0.2) is 82.8 Å². The third-order valence-corrected chi connectivity index (χ3v) is 9.01. The fraction of sp³-hybridized carbons (Fsp3) is 0.250. The van der Waals surface area contributed by atoms with Gasteiger partial charge in [-0.3, -0.25) is 19.7 Å². The summed E-state index contributed by atoms with van der Waals surface area (Å²) in [5.41, 5.74) is 2.72. The number of H-pyrrole nitrogens is 1. The highest BCUT2D eigenvalue weighted by atomic mass is 32.2. The molecule has 0 bridgehead atoms. The van der Waals surface area contributed by atoms with Gasteiger partial charge in [0.05, 0.1) is 16.2 Å². The number of pyridine rings is 2. The minimum absolute atomic E-state index is 0.0746. The van der Waals surface area contributed by atoms with E-state index >= 15 is 0 Å². The first-order chi connectivity index (χ1) is 18.8. The van der Waals surface area contributed by atoms with Crippen LogP contribution in [0.25, 0.3) is 22.2 Å². The van der Waals surface area contributed by atoms with Crippen molar-refractivity contribution in [3.63, 3.8) is 0 Å². The number of likely N-dealkylation sites (N-methyl/N-ethyl adjacent to an activating group) is 1. The maximum atomic E-state index is 13.4. The van der Waals surface area contributed by atoms with Crippen molar-refractivity contribution in [2.24, 2.45) is 0 Å². The molecule has 1 atom stereocenters. The zero-order chi connectivity index (χ0) is 27.6. The van der Waals surface area contributed by atoms with Crippen LogP contribution in [0.4, 0.5) is 0 Å². The Morgan fingerprint density at radius 2 is 1.90 bits per heavy atom. The average Bonchev–Trinajstić information content (AvgIpc) is 3.28. The minimum Gasteiger partial charge on any atom is -0.494 e. The molecule has 1 unspecified atom stereocenters. The zero-order valence-corrected chi connectivity index (χ0v) is 22.4. The van der Waals surface area contributed by atoms with Gasteiger partial charge in [-0.25, -0.2) is 8.42 Å². The summed E-state index contributed by atoms with van der Waals surface area (Å²) in [4.78, 5) is 28.2. The normalized spacial score (nSPS) is 15.7. The summed E-state index contributed by atoms with van der Waals surface area (Å²) < 4.78 is 26.9. The lowest BCUT2D eigenvalue weighted by Crippen LogP contribution is -2.50. The van der Waals surface area contributed by atoms with E-state index in [1.165, 1.54) is 18.3 Å². The number of aromatic hydroxyl groups is 1. The van der Waals surface area contributed by atoms with Crippen molar-refractivity contribution in [1.82, 2.24) is 30.1 Å². The fourth-order valence-corrected chi connectivity index (χ4v) is 6.34. The number of sulfone groups is 1. The van der Waals surface area contributed by atoms with Gasteiger partial charge in [-0.15, -0.1) is 6.58 Å². The summed E-state index contributed by atoms with van der Waals surface area (Å²) in [7, 11) is -1.74. The van der Waals surface area contributed by atoms with Gasteiger partial charge < -0.3 is 20.3 Å². The zero-order valence-electron chi connectivity index (χ0n) is 21.5. The molecular weight excluding hydrogens is 516 g/mol. The molecular formula is C28H30N6O4S. The van der Waals surface area contributed by atoms with E-state index in [2.05, 4.69) is 31.7 Å². The Hall–Kier alpha value is -4.06. The number of fused-ring (bicyclic) bond motifs is 1. The van der Waals surface area contributed by atoms with E-state index in [1.54, 1.807) is 36.7 Å². The van der Waals surface area contributed by atoms with Crippen molar-refractivity contribution in [1.29, 1.82) is 0 Å². The second-order valence-corrected chi connectivity index (χ2v) is 11.6. The van der Waals surface area contributed by atoms with Crippen LogP contribution in [0.3, 0.4) is 0 Å². The highest BCUT2D eigenvalue weighted by Gasteiger charge is 2.32. The smallest absolute Gasteiger partial charge is 0.251 e. The maximum Gasteiger partial charge on any atom is 0.251 e. The standard InChI is InChI=1S/C28H30N6O4S/c1-3-25(34-14-12-33(2)13-15-34)39(37,38)21-5-7-24(30-18-21)26-22-16-20(4-6-23(22)32-28(26)36)27(35)31-17-19-8-10-29-11-9-19/h3-11,16,18,25,32,36H,1,12-15,17H2,2H3,(H,31,35). The molecule has 0 saturated carbocycles.